The molecular weight excluding hydrogens is 274 g/mol. The van der Waals surface area contributed by atoms with Gasteiger partial charge in [0.2, 0.25) is 0 Å². The first-order valence-corrected chi connectivity index (χ1v) is 7.11. The standard InChI is InChI=1S/C15H13NO3S/c1-16-13(11-7-4-8-20-11)12(15(18)19)9-5-2-3-6-10(9)14(16)17/h2-8,12-13H,1H3,(H,18,19). The highest BCUT2D eigenvalue weighted by Crippen LogP contribution is 2.43. The van der Waals surface area contributed by atoms with E-state index in [1.165, 1.54) is 16.2 Å². The summed E-state index contributed by atoms with van der Waals surface area (Å²) in [7, 11) is 1.67. The predicted octanol–water partition coefficient (Wildman–Crippen LogP) is 2.74. The van der Waals surface area contributed by atoms with Gasteiger partial charge in [0.15, 0.2) is 0 Å². The first kappa shape index (κ1) is 12.9. The molecule has 1 aromatic heterocycles. The average molecular weight is 287 g/mol. The lowest BCUT2D eigenvalue weighted by Gasteiger charge is -2.37. The minimum absolute atomic E-state index is 0.128. The molecule has 1 amide bonds. The highest BCUT2D eigenvalue weighted by atomic mass is 32.1. The zero-order valence-electron chi connectivity index (χ0n) is 10.8. The van der Waals surface area contributed by atoms with E-state index in [9.17, 15) is 14.7 Å². The van der Waals surface area contributed by atoms with Crippen molar-refractivity contribution in [1.82, 2.24) is 4.90 Å². The molecular formula is C15H13NO3S. The van der Waals surface area contributed by atoms with Gasteiger partial charge in [-0.15, -0.1) is 11.3 Å². The summed E-state index contributed by atoms with van der Waals surface area (Å²) in [5, 5.41) is 11.5. The van der Waals surface area contributed by atoms with E-state index in [4.69, 9.17) is 0 Å². The number of nitrogens with zero attached hydrogens (tertiary/aromatic N) is 1. The molecule has 3 rings (SSSR count). The highest BCUT2D eigenvalue weighted by Gasteiger charge is 2.42. The number of carbonyl (C=O) groups is 2. The molecule has 2 unspecified atom stereocenters. The van der Waals surface area contributed by atoms with Gasteiger partial charge < -0.3 is 10.0 Å². The Bertz CT molecular complexity index is 666. The number of aliphatic carboxylic acids is 1. The van der Waals surface area contributed by atoms with Gasteiger partial charge in [0.1, 0.15) is 5.92 Å². The third-order valence-electron chi connectivity index (χ3n) is 3.68. The number of benzene rings is 1. The van der Waals surface area contributed by atoms with Gasteiger partial charge in [0.25, 0.3) is 5.91 Å². The molecule has 4 nitrogen and oxygen atoms in total. The number of carboxylic acids is 1. The van der Waals surface area contributed by atoms with Gasteiger partial charge in [0.05, 0.1) is 6.04 Å². The van der Waals surface area contributed by atoms with Gasteiger partial charge in [-0.2, -0.15) is 0 Å². The van der Waals surface area contributed by atoms with E-state index in [1.807, 2.05) is 17.5 Å². The summed E-state index contributed by atoms with van der Waals surface area (Å²) in [6.45, 7) is 0. The van der Waals surface area contributed by atoms with Gasteiger partial charge >= 0.3 is 5.97 Å². The summed E-state index contributed by atoms with van der Waals surface area (Å²) in [5.74, 6) is -1.76. The first-order chi connectivity index (χ1) is 9.61. The summed E-state index contributed by atoms with van der Waals surface area (Å²) in [5.41, 5.74) is 1.08. The second-order valence-electron chi connectivity index (χ2n) is 4.78. The molecule has 1 aromatic carbocycles. The van der Waals surface area contributed by atoms with E-state index in [0.29, 0.717) is 11.1 Å². The van der Waals surface area contributed by atoms with Crippen molar-refractivity contribution >= 4 is 23.2 Å². The largest absolute Gasteiger partial charge is 0.481 e. The molecule has 5 heteroatoms. The van der Waals surface area contributed by atoms with Crippen LogP contribution < -0.4 is 0 Å². The van der Waals surface area contributed by atoms with Gasteiger partial charge in [-0.3, -0.25) is 9.59 Å². The molecule has 2 aromatic rings. The molecule has 0 radical (unpaired) electrons. The predicted molar refractivity (Wildman–Crippen MR) is 76.0 cm³/mol. The maximum atomic E-state index is 12.4. The number of carboxylic acid groups (broad SMARTS) is 1. The van der Waals surface area contributed by atoms with Crippen LogP contribution in [0.15, 0.2) is 41.8 Å². The van der Waals surface area contributed by atoms with Crippen LogP contribution in [0.5, 0.6) is 0 Å². The first-order valence-electron chi connectivity index (χ1n) is 6.23. The van der Waals surface area contributed by atoms with Crippen LogP contribution in [0.25, 0.3) is 0 Å². The van der Waals surface area contributed by atoms with Crippen molar-refractivity contribution in [2.75, 3.05) is 7.05 Å². The van der Waals surface area contributed by atoms with E-state index in [-0.39, 0.29) is 5.91 Å². The Morgan fingerprint density at radius 3 is 2.65 bits per heavy atom. The molecule has 0 bridgehead atoms. The van der Waals surface area contributed by atoms with Crippen LogP contribution in [0, 0.1) is 0 Å². The van der Waals surface area contributed by atoms with E-state index < -0.39 is 17.9 Å². The van der Waals surface area contributed by atoms with Crippen molar-refractivity contribution in [2.24, 2.45) is 0 Å². The molecule has 0 fully saturated rings. The molecule has 2 heterocycles. The Balaban J connectivity index is 2.21. The Hall–Kier alpha value is -2.14. The van der Waals surface area contributed by atoms with Crippen LogP contribution in [-0.4, -0.2) is 28.9 Å². The molecule has 102 valence electrons. The second-order valence-corrected chi connectivity index (χ2v) is 5.76. The van der Waals surface area contributed by atoms with E-state index in [0.717, 1.165) is 4.88 Å². The Morgan fingerprint density at radius 1 is 1.25 bits per heavy atom. The fourth-order valence-electron chi connectivity index (χ4n) is 2.76. The fraction of sp³-hybridized carbons (Fsp3) is 0.200. The molecule has 20 heavy (non-hydrogen) atoms. The number of likely N-dealkylation sites (N-methyl/N-ethyl adjacent to an activating group) is 1. The normalized spacial score (nSPS) is 21.6. The van der Waals surface area contributed by atoms with Crippen LogP contribution >= 0.6 is 11.3 Å². The van der Waals surface area contributed by atoms with Crippen molar-refractivity contribution < 1.29 is 14.7 Å². The summed E-state index contributed by atoms with van der Waals surface area (Å²) in [6.07, 6.45) is 0. The Kier molecular flexibility index (Phi) is 3.06. The quantitative estimate of drug-likeness (QED) is 0.924. The summed E-state index contributed by atoms with van der Waals surface area (Å²) in [4.78, 5) is 26.6. The number of amides is 1. The number of rotatable bonds is 2. The van der Waals surface area contributed by atoms with Crippen LogP contribution in [0.2, 0.25) is 0 Å². The topological polar surface area (TPSA) is 57.6 Å². The van der Waals surface area contributed by atoms with Gasteiger partial charge in [0, 0.05) is 17.5 Å². The van der Waals surface area contributed by atoms with E-state index in [1.54, 1.807) is 31.3 Å². The summed E-state index contributed by atoms with van der Waals surface area (Å²) >= 11 is 1.47. The van der Waals surface area contributed by atoms with E-state index in [2.05, 4.69) is 0 Å². The molecule has 2 atom stereocenters. The molecule has 0 spiro atoms. The minimum Gasteiger partial charge on any atom is -0.481 e. The van der Waals surface area contributed by atoms with Gasteiger partial charge in [-0.25, -0.2) is 0 Å². The molecule has 0 saturated heterocycles. The summed E-state index contributed by atoms with van der Waals surface area (Å²) in [6, 6.07) is 10.3. The molecule has 0 aliphatic carbocycles. The van der Waals surface area contributed by atoms with Crippen LogP contribution in [0.4, 0.5) is 0 Å². The van der Waals surface area contributed by atoms with Gasteiger partial charge in [-0.1, -0.05) is 24.3 Å². The van der Waals surface area contributed by atoms with Crippen LogP contribution in [-0.2, 0) is 4.79 Å². The number of hydrogen-bond acceptors (Lipinski definition) is 3. The number of thiophene rings is 1. The number of carbonyl (C=O) groups excluding carboxylic acids is 1. The monoisotopic (exact) mass is 287 g/mol. The second kappa shape index (κ2) is 4.76. The molecule has 1 aliphatic rings. The van der Waals surface area contributed by atoms with Crippen LogP contribution in [0.3, 0.4) is 0 Å². The van der Waals surface area contributed by atoms with Crippen molar-refractivity contribution in [3.05, 3.63) is 57.8 Å². The zero-order chi connectivity index (χ0) is 14.3. The Morgan fingerprint density at radius 2 is 2.00 bits per heavy atom. The van der Waals surface area contributed by atoms with Crippen molar-refractivity contribution in [3.8, 4) is 0 Å². The fourth-order valence-corrected chi connectivity index (χ4v) is 3.66. The van der Waals surface area contributed by atoms with Crippen molar-refractivity contribution in [2.45, 2.75) is 12.0 Å². The average Bonchev–Trinajstić information content (AvgIpc) is 2.96. The minimum atomic E-state index is -0.907. The Labute approximate surface area is 120 Å². The lowest BCUT2D eigenvalue weighted by Crippen LogP contribution is -2.42. The van der Waals surface area contributed by atoms with Crippen LogP contribution in [0.1, 0.15) is 32.8 Å². The molecule has 1 aliphatic heterocycles. The lowest BCUT2D eigenvalue weighted by molar-refractivity contribution is -0.140. The van der Waals surface area contributed by atoms with E-state index >= 15 is 0 Å². The third-order valence-corrected chi connectivity index (χ3v) is 4.62. The molecule has 0 saturated carbocycles. The number of hydrogen-bond donors (Lipinski definition) is 1. The van der Waals surface area contributed by atoms with Crippen molar-refractivity contribution in [1.29, 1.82) is 0 Å². The number of fused-ring (bicyclic) bond motifs is 1. The maximum Gasteiger partial charge on any atom is 0.313 e. The SMILES string of the molecule is CN1C(=O)c2ccccc2C(C(=O)O)C1c1cccs1. The zero-order valence-corrected chi connectivity index (χ0v) is 11.6. The smallest absolute Gasteiger partial charge is 0.313 e. The summed E-state index contributed by atoms with van der Waals surface area (Å²) < 4.78 is 0. The maximum absolute atomic E-state index is 12.4. The third kappa shape index (κ3) is 1.82. The molecule has 1 N–H and O–H groups in total. The van der Waals surface area contributed by atoms with Crippen molar-refractivity contribution in [3.63, 3.8) is 0 Å². The van der Waals surface area contributed by atoms with Gasteiger partial charge in [-0.05, 0) is 23.1 Å². The lowest BCUT2D eigenvalue weighted by atomic mass is 9.82. The highest BCUT2D eigenvalue weighted by molar-refractivity contribution is 7.10.